The van der Waals surface area contributed by atoms with Crippen molar-refractivity contribution in [1.82, 2.24) is 42.9 Å². The molecular weight excluding hydrogens is 596 g/mol. The van der Waals surface area contributed by atoms with Gasteiger partial charge in [-0.2, -0.15) is 5.26 Å². The number of pyridine rings is 1. The van der Waals surface area contributed by atoms with Gasteiger partial charge in [-0.25, -0.2) is 15.0 Å². The molecule has 0 N–H and O–H groups in total. The summed E-state index contributed by atoms with van der Waals surface area (Å²) >= 11 is 0. The van der Waals surface area contributed by atoms with Crippen LogP contribution in [0, 0.1) is 11.3 Å². The van der Waals surface area contributed by atoms with Gasteiger partial charge in [-0.05, 0) is 42.5 Å². The first-order valence-electron chi connectivity index (χ1n) is 15.5. The maximum Gasteiger partial charge on any atom is 0.165 e. The summed E-state index contributed by atoms with van der Waals surface area (Å²) in [5.41, 5.74) is 10.7. The summed E-state index contributed by atoms with van der Waals surface area (Å²) in [6.45, 7) is 0. The molecule has 48 heavy (non-hydrogen) atoms. The Kier molecular flexibility index (Phi) is 5.26. The average molecular weight is 621 g/mol. The molecule has 0 aliphatic heterocycles. The zero-order chi connectivity index (χ0) is 32.1. The zero-order valence-electron chi connectivity index (χ0n) is 25.9. The van der Waals surface area contributed by atoms with Crippen LogP contribution in [0.3, 0.4) is 0 Å². The first-order chi connectivity index (χ1) is 23.6. The lowest BCUT2D eigenvalue weighted by Gasteiger charge is -2.13. The summed E-state index contributed by atoms with van der Waals surface area (Å²) in [7, 11) is 4.11. The standard InChI is InChI=1S/C38H24N10/c1-45-18-4-8-28(45)31(29-9-5-19-46(29)2)38-47-34-24(25-11-10-23(20-39)30-33-37(42-17-16-41-33)48(38)35(25)30)6-3-7-26(34)32-36(47)43-21-27(44-32)22-12-14-40-15-13-22/h3-19,21H,1-2H3. The Morgan fingerprint density at radius 1 is 0.667 bits per heavy atom. The number of para-hydroxylation sites is 1. The Balaban J connectivity index is 1.62. The van der Waals surface area contributed by atoms with E-state index in [2.05, 4.69) is 97.9 Å². The Morgan fingerprint density at radius 3 is 2.08 bits per heavy atom. The fraction of sp³-hybridized carbons (Fsp3) is 0.0526. The predicted octanol–water partition coefficient (Wildman–Crippen LogP) is 5.96. The van der Waals surface area contributed by atoms with Gasteiger partial charge < -0.3 is 9.13 Å². The number of rotatable bonds is 3. The minimum atomic E-state index is 0.544. The van der Waals surface area contributed by atoms with Crippen molar-refractivity contribution in [3.05, 3.63) is 133 Å². The van der Waals surface area contributed by atoms with Gasteiger partial charge in [0.2, 0.25) is 0 Å². The molecule has 10 aromatic rings. The highest BCUT2D eigenvalue weighted by molar-refractivity contribution is 6.23. The minimum absolute atomic E-state index is 0.544. The van der Waals surface area contributed by atoms with Crippen LogP contribution in [0.15, 0.2) is 110 Å². The molecule has 0 aliphatic carbocycles. The Bertz CT molecular complexity index is 3000. The van der Waals surface area contributed by atoms with Crippen molar-refractivity contribution in [3.8, 4) is 17.3 Å². The second-order valence-corrected chi connectivity index (χ2v) is 12.0. The van der Waals surface area contributed by atoms with Crippen LogP contribution in [-0.2, 0) is 14.1 Å². The van der Waals surface area contributed by atoms with Gasteiger partial charge in [-0.3, -0.25) is 18.8 Å². The van der Waals surface area contributed by atoms with E-state index in [1.54, 1.807) is 24.8 Å². The van der Waals surface area contributed by atoms with Gasteiger partial charge in [-0.15, -0.1) is 0 Å². The molecular formula is C38H24N10. The Morgan fingerprint density at radius 2 is 1.35 bits per heavy atom. The van der Waals surface area contributed by atoms with Crippen molar-refractivity contribution in [1.29, 1.82) is 5.26 Å². The van der Waals surface area contributed by atoms with Crippen LogP contribution in [0.25, 0.3) is 71.7 Å². The summed E-state index contributed by atoms with van der Waals surface area (Å²) in [6.07, 6.45) is 12.9. The molecule has 10 nitrogen and oxygen atoms in total. The van der Waals surface area contributed by atoms with E-state index in [4.69, 9.17) is 19.9 Å². The van der Waals surface area contributed by atoms with E-state index in [1.165, 1.54) is 0 Å². The molecule has 8 aromatic heterocycles. The summed E-state index contributed by atoms with van der Waals surface area (Å²) in [5.74, 6) is 0. The molecule has 0 spiro atoms. The van der Waals surface area contributed by atoms with E-state index in [9.17, 15) is 5.26 Å². The molecule has 10 rings (SSSR count). The van der Waals surface area contributed by atoms with Crippen molar-refractivity contribution in [2.45, 2.75) is 0 Å². The van der Waals surface area contributed by atoms with Crippen LogP contribution in [-0.4, -0.2) is 42.9 Å². The van der Waals surface area contributed by atoms with Crippen LogP contribution < -0.4 is 5.48 Å². The van der Waals surface area contributed by atoms with E-state index in [-0.39, 0.29) is 0 Å². The van der Waals surface area contributed by atoms with Gasteiger partial charge in [0.1, 0.15) is 16.5 Å². The Labute approximate surface area is 272 Å². The molecule has 0 aliphatic rings. The number of nitriles is 1. The van der Waals surface area contributed by atoms with Gasteiger partial charge in [-0.1, -0.05) is 24.3 Å². The zero-order valence-corrected chi connectivity index (χ0v) is 25.9. The van der Waals surface area contributed by atoms with Crippen molar-refractivity contribution < 1.29 is 0 Å². The van der Waals surface area contributed by atoms with E-state index in [0.29, 0.717) is 22.4 Å². The van der Waals surface area contributed by atoms with Crippen molar-refractivity contribution in [2.24, 2.45) is 14.1 Å². The summed E-state index contributed by atoms with van der Waals surface area (Å²) in [6, 6.07) is 25.0. The second kappa shape index (κ2) is 9.57. The van der Waals surface area contributed by atoms with Gasteiger partial charge in [0.15, 0.2) is 11.3 Å². The number of benzene rings is 2. The number of aromatic nitrogens is 9. The molecule has 0 bridgehead atoms. The lowest BCUT2D eigenvalue weighted by molar-refractivity contribution is 0.870. The van der Waals surface area contributed by atoms with Crippen LogP contribution in [0.4, 0.5) is 0 Å². The van der Waals surface area contributed by atoms with E-state index in [1.807, 2.05) is 30.5 Å². The molecule has 226 valence electrons. The van der Waals surface area contributed by atoms with Crippen LogP contribution >= 0.6 is 0 Å². The smallest absolute Gasteiger partial charge is 0.165 e. The monoisotopic (exact) mass is 620 g/mol. The molecule has 0 saturated heterocycles. The van der Waals surface area contributed by atoms with Crippen molar-refractivity contribution in [2.75, 3.05) is 0 Å². The largest absolute Gasteiger partial charge is 0.350 e. The molecule has 0 saturated carbocycles. The van der Waals surface area contributed by atoms with E-state index < -0.39 is 0 Å². The fourth-order valence-corrected chi connectivity index (χ4v) is 7.38. The van der Waals surface area contributed by atoms with Gasteiger partial charge in [0.05, 0.1) is 51.5 Å². The number of nitrogens with zero attached hydrogens (tertiary/aromatic N) is 10. The van der Waals surface area contributed by atoms with E-state index in [0.717, 1.165) is 71.8 Å². The van der Waals surface area contributed by atoms with Gasteiger partial charge in [0.25, 0.3) is 0 Å². The highest BCUT2D eigenvalue weighted by Crippen LogP contribution is 2.38. The number of fused-ring (bicyclic) bond motifs is 7. The molecule has 0 atom stereocenters. The predicted molar refractivity (Wildman–Crippen MR) is 185 cm³/mol. The summed E-state index contributed by atoms with van der Waals surface area (Å²) in [5, 5.41) is 14.1. The quantitative estimate of drug-likeness (QED) is 0.241. The third-order valence-electron chi connectivity index (χ3n) is 9.44. The summed E-state index contributed by atoms with van der Waals surface area (Å²) < 4.78 is 8.67. The number of aryl methyl sites for hydroxylation is 2. The minimum Gasteiger partial charge on any atom is -0.350 e. The van der Waals surface area contributed by atoms with Crippen LogP contribution in [0.2, 0.25) is 0 Å². The third kappa shape index (κ3) is 3.36. The molecule has 0 amide bonds. The molecule has 2 aromatic carbocycles. The fourth-order valence-electron chi connectivity index (χ4n) is 7.38. The topological polar surface area (TPSA) is 107 Å². The highest BCUT2D eigenvalue weighted by atomic mass is 15.1. The maximum atomic E-state index is 10.4. The SMILES string of the molecule is Cn1cccc1C(c1cccn1C)=c1n2c3ncc(-c4ccncc4)nc3c3cccc(c4ccc(C#N)c5c6nccnc6n1c45)c32. The van der Waals surface area contributed by atoms with Gasteiger partial charge in [0, 0.05) is 78.4 Å². The maximum absolute atomic E-state index is 10.4. The van der Waals surface area contributed by atoms with Gasteiger partial charge >= 0.3 is 0 Å². The van der Waals surface area contributed by atoms with E-state index >= 15 is 0 Å². The number of hydrogen-bond donors (Lipinski definition) is 0. The molecule has 0 radical (unpaired) electrons. The molecule has 0 unspecified atom stereocenters. The van der Waals surface area contributed by atoms with Crippen molar-refractivity contribution in [3.63, 3.8) is 0 Å². The molecule has 10 heteroatoms. The lowest BCUT2D eigenvalue weighted by Crippen LogP contribution is -2.26. The molecule has 8 heterocycles. The van der Waals surface area contributed by atoms with Crippen LogP contribution in [0.1, 0.15) is 17.0 Å². The normalized spacial score (nSPS) is 11.9. The Hall–Kier alpha value is -6.86. The molecule has 0 fully saturated rings. The van der Waals surface area contributed by atoms with Crippen molar-refractivity contribution >= 4 is 60.5 Å². The lowest BCUT2D eigenvalue weighted by atomic mass is 10.0. The first-order valence-corrected chi connectivity index (χ1v) is 15.5. The second-order valence-electron chi connectivity index (χ2n) is 12.0. The summed E-state index contributed by atoms with van der Waals surface area (Å²) in [4.78, 5) is 24.4. The average Bonchev–Trinajstić information content (AvgIpc) is 3.89. The first kappa shape index (κ1) is 26.4. The third-order valence-corrected chi connectivity index (χ3v) is 9.44. The van der Waals surface area contributed by atoms with Crippen LogP contribution in [0.5, 0.6) is 0 Å². The number of hydrogen-bond acceptors (Lipinski definition) is 6. The highest BCUT2D eigenvalue weighted by Gasteiger charge is 2.26.